The number of carbonyl (C=O) groups is 2. The van der Waals surface area contributed by atoms with Gasteiger partial charge in [0.05, 0.1) is 0 Å². The maximum atomic E-state index is 12.5. The molecule has 1 aromatic heterocycles. The third-order valence-electron chi connectivity index (χ3n) is 5.62. The van der Waals surface area contributed by atoms with E-state index in [0.717, 1.165) is 25.8 Å². The Labute approximate surface area is 148 Å². The van der Waals surface area contributed by atoms with Crippen LogP contribution in [-0.4, -0.2) is 52.9 Å². The average molecular weight is 342 g/mol. The summed E-state index contributed by atoms with van der Waals surface area (Å²) in [6.07, 6.45) is 8.58. The Morgan fingerprint density at radius 1 is 0.960 bits per heavy atom. The Kier molecular flexibility index (Phi) is 4.59. The molecule has 0 spiro atoms. The number of amides is 3. The Morgan fingerprint density at radius 2 is 1.72 bits per heavy atom. The smallest absolute Gasteiger partial charge is 0.323 e. The van der Waals surface area contributed by atoms with E-state index in [2.05, 4.69) is 16.4 Å². The average Bonchev–Trinajstić information content (AvgIpc) is 3.41. The van der Waals surface area contributed by atoms with Crippen LogP contribution in [0, 0.1) is 5.92 Å². The van der Waals surface area contributed by atoms with E-state index in [1.165, 1.54) is 24.8 Å². The number of nitrogens with one attached hydrogen (secondary N) is 1. The summed E-state index contributed by atoms with van der Waals surface area (Å²) in [5, 5.41) is 2.89. The minimum absolute atomic E-state index is 0.121. The fraction of sp³-hybridized carbons (Fsp3) is 0.632. The van der Waals surface area contributed by atoms with Gasteiger partial charge >= 0.3 is 6.03 Å². The molecule has 1 saturated heterocycles. The molecule has 1 aliphatic heterocycles. The lowest BCUT2D eigenvalue weighted by Crippen LogP contribution is -2.39. The van der Waals surface area contributed by atoms with Crippen molar-refractivity contribution >= 4 is 17.8 Å². The highest BCUT2D eigenvalue weighted by Crippen LogP contribution is 2.36. The van der Waals surface area contributed by atoms with Gasteiger partial charge < -0.3 is 9.80 Å². The highest BCUT2D eigenvalue weighted by Gasteiger charge is 2.34. The van der Waals surface area contributed by atoms with Crippen molar-refractivity contribution in [1.82, 2.24) is 14.8 Å². The second-order valence-electron chi connectivity index (χ2n) is 7.47. The van der Waals surface area contributed by atoms with Gasteiger partial charge in [-0.2, -0.15) is 0 Å². The van der Waals surface area contributed by atoms with Crippen LogP contribution >= 0.6 is 0 Å². The summed E-state index contributed by atoms with van der Waals surface area (Å²) in [4.78, 5) is 32.8. The first-order valence-electron chi connectivity index (χ1n) is 9.51. The fourth-order valence-corrected chi connectivity index (χ4v) is 3.58. The van der Waals surface area contributed by atoms with Crippen molar-refractivity contribution in [3.63, 3.8) is 0 Å². The van der Waals surface area contributed by atoms with Crippen LogP contribution < -0.4 is 5.32 Å². The number of hydrogen-bond donors (Lipinski definition) is 1. The van der Waals surface area contributed by atoms with Crippen molar-refractivity contribution in [3.05, 3.63) is 23.9 Å². The molecule has 1 N–H and O–H groups in total. The van der Waals surface area contributed by atoms with Gasteiger partial charge in [0.1, 0.15) is 5.82 Å². The molecule has 6 nitrogen and oxygen atoms in total. The lowest BCUT2D eigenvalue weighted by atomic mass is 9.81. The Bertz CT molecular complexity index is 637. The molecule has 0 unspecified atom stereocenters. The summed E-state index contributed by atoms with van der Waals surface area (Å²) in [6, 6.07) is 3.85. The van der Waals surface area contributed by atoms with Crippen molar-refractivity contribution in [2.24, 2.45) is 5.92 Å². The second kappa shape index (κ2) is 7.02. The molecule has 1 aromatic rings. The Hall–Kier alpha value is -2.11. The topological polar surface area (TPSA) is 65.5 Å². The van der Waals surface area contributed by atoms with E-state index in [1.54, 1.807) is 4.90 Å². The molecule has 0 bridgehead atoms. The van der Waals surface area contributed by atoms with E-state index in [4.69, 9.17) is 0 Å². The van der Waals surface area contributed by atoms with Crippen molar-refractivity contribution in [1.29, 1.82) is 0 Å². The molecule has 3 fully saturated rings. The van der Waals surface area contributed by atoms with Crippen LogP contribution in [0.5, 0.6) is 0 Å². The van der Waals surface area contributed by atoms with Gasteiger partial charge in [0.25, 0.3) is 0 Å². The van der Waals surface area contributed by atoms with Gasteiger partial charge in [-0.1, -0.05) is 12.5 Å². The SMILES string of the molecule is O=C(Nc1ccc(C2CCC2)cn1)N1CCCN(C(=O)C2CC2)CC1. The van der Waals surface area contributed by atoms with E-state index >= 15 is 0 Å². The fourth-order valence-electron chi connectivity index (χ4n) is 3.58. The predicted octanol–water partition coefficient (Wildman–Crippen LogP) is 2.83. The van der Waals surface area contributed by atoms with E-state index in [-0.39, 0.29) is 17.9 Å². The van der Waals surface area contributed by atoms with Gasteiger partial charge in [-0.25, -0.2) is 9.78 Å². The van der Waals surface area contributed by atoms with Crippen LogP contribution in [0.25, 0.3) is 0 Å². The molecule has 0 radical (unpaired) electrons. The zero-order chi connectivity index (χ0) is 17.2. The van der Waals surface area contributed by atoms with E-state index in [1.807, 2.05) is 17.2 Å². The van der Waals surface area contributed by atoms with Crippen LogP contribution in [0.2, 0.25) is 0 Å². The van der Waals surface area contributed by atoms with Crippen LogP contribution in [0.4, 0.5) is 10.6 Å². The monoisotopic (exact) mass is 342 g/mol. The minimum Gasteiger partial charge on any atom is -0.341 e. The lowest BCUT2D eigenvalue weighted by Gasteiger charge is -2.25. The summed E-state index contributed by atoms with van der Waals surface area (Å²) < 4.78 is 0. The molecule has 2 saturated carbocycles. The van der Waals surface area contributed by atoms with Gasteiger partial charge in [-0.15, -0.1) is 0 Å². The van der Waals surface area contributed by atoms with Crippen molar-refractivity contribution in [2.45, 2.75) is 44.4 Å². The molecule has 0 atom stereocenters. The molecule has 0 aromatic carbocycles. The standard InChI is InChI=1S/C19H26N4O2/c24-18(15-5-6-15)22-9-2-10-23(12-11-22)19(25)21-17-8-7-16(13-20-17)14-3-1-4-14/h7-8,13-15H,1-6,9-12H2,(H,20,21,25). The molecule has 25 heavy (non-hydrogen) atoms. The normalized spacial score (nSPS) is 21.4. The zero-order valence-corrected chi connectivity index (χ0v) is 14.6. The highest BCUT2D eigenvalue weighted by atomic mass is 16.2. The largest absolute Gasteiger partial charge is 0.341 e. The van der Waals surface area contributed by atoms with E-state index in [0.29, 0.717) is 31.4 Å². The predicted molar refractivity (Wildman–Crippen MR) is 95.3 cm³/mol. The van der Waals surface area contributed by atoms with Gasteiger partial charge in [-0.3, -0.25) is 10.1 Å². The number of aromatic nitrogens is 1. The number of hydrogen-bond acceptors (Lipinski definition) is 3. The van der Waals surface area contributed by atoms with E-state index < -0.39 is 0 Å². The van der Waals surface area contributed by atoms with Crippen molar-refractivity contribution in [2.75, 3.05) is 31.5 Å². The zero-order valence-electron chi connectivity index (χ0n) is 14.6. The summed E-state index contributed by atoms with van der Waals surface area (Å²) >= 11 is 0. The van der Waals surface area contributed by atoms with Crippen LogP contribution in [0.15, 0.2) is 18.3 Å². The lowest BCUT2D eigenvalue weighted by molar-refractivity contribution is -0.132. The van der Waals surface area contributed by atoms with Gasteiger partial charge in [0.2, 0.25) is 5.91 Å². The molecule has 2 aliphatic carbocycles. The van der Waals surface area contributed by atoms with Crippen LogP contribution in [0.3, 0.4) is 0 Å². The summed E-state index contributed by atoms with van der Waals surface area (Å²) in [5.41, 5.74) is 1.27. The number of nitrogens with zero attached hydrogens (tertiary/aromatic N) is 3. The molecule has 4 rings (SSSR count). The van der Waals surface area contributed by atoms with Gasteiger partial charge in [-0.05, 0) is 49.7 Å². The van der Waals surface area contributed by atoms with Gasteiger partial charge in [0.15, 0.2) is 0 Å². The van der Waals surface area contributed by atoms with Crippen LogP contribution in [-0.2, 0) is 4.79 Å². The maximum absolute atomic E-state index is 12.5. The Morgan fingerprint density at radius 3 is 2.36 bits per heavy atom. The number of carbonyl (C=O) groups excluding carboxylic acids is 2. The third-order valence-corrected chi connectivity index (χ3v) is 5.62. The number of anilines is 1. The first kappa shape index (κ1) is 16.4. The Balaban J connectivity index is 1.30. The molecular weight excluding hydrogens is 316 g/mol. The van der Waals surface area contributed by atoms with Crippen LogP contribution in [0.1, 0.15) is 50.0 Å². The maximum Gasteiger partial charge on any atom is 0.323 e. The molecular formula is C19H26N4O2. The van der Waals surface area contributed by atoms with Crippen molar-refractivity contribution in [3.8, 4) is 0 Å². The number of urea groups is 1. The first-order chi connectivity index (χ1) is 12.2. The molecule has 3 amide bonds. The van der Waals surface area contributed by atoms with Gasteiger partial charge in [0, 0.05) is 38.3 Å². The molecule has 6 heteroatoms. The summed E-state index contributed by atoms with van der Waals surface area (Å²) in [6.45, 7) is 2.66. The minimum atomic E-state index is -0.121. The third kappa shape index (κ3) is 3.78. The first-order valence-corrected chi connectivity index (χ1v) is 9.51. The second-order valence-corrected chi connectivity index (χ2v) is 7.47. The summed E-state index contributed by atoms with van der Waals surface area (Å²) in [5.74, 6) is 1.77. The molecule has 3 aliphatic rings. The van der Waals surface area contributed by atoms with Crippen molar-refractivity contribution < 1.29 is 9.59 Å². The molecule has 134 valence electrons. The number of rotatable bonds is 3. The summed E-state index contributed by atoms with van der Waals surface area (Å²) in [7, 11) is 0. The quantitative estimate of drug-likeness (QED) is 0.918. The number of pyridine rings is 1. The molecule has 2 heterocycles. The van der Waals surface area contributed by atoms with E-state index in [9.17, 15) is 9.59 Å². The highest BCUT2D eigenvalue weighted by molar-refractivity contribution is 5.88.